The van der Waals surface area contributed by atoms with Crippen LogP contribution in [-0.4, -0.2) is 49.3 Å². The van der Waals surface area contributed by atoms with E-state index in [-0.39, 0.29) is 0 Å². The molecule has 154 valence electrons. The normalized spacial score (nSPS) is 13.5. The Bertz CT molecular complexity index is 664. The van der Waals surface area contributed by atoms with E-state index < -0.39 is 20.9 Å². The fourth-order valence-electron chi connectivity index (χ4n) is 3.07. The maximum Gasteiger partial charge on any atom is 0.537 e. The molecule has 2 rings (SSSR count). The fraction of sp³-hybridized carbons (Fsp3) is 0.429. The van der Waals surface area contributed by atoms with Gasteiger partial charge in [0.15, 0.2) is 6.10 Å². The van der Waals surface area contributed by atoms with Gasteiger partial charge in [0, 0.05) is 39.7 Å². The number of hydrogen-bond donors (Lipinski definition) is 0. The first-order valence-corrected chi connectivity index (χ1v) is 11.1. The first-order valence-electron chi connectivity index (χ1n) is 9.33. The van der Waals surface area contributed by atoms with Crippen molar-refractivity contribution in [2.75, 3.05) is 34.5 Å². The van der Waals surface area contributed by atoms with Gasteiger partial charge in [0.05, 0.1) is 0 Å². The zero-order valence-electron chi connectivity index (χ0n) is 17.2. The van der Waals surface area contributed by atoms with Crippen molar-refractivity contribution in [2.45, 2.75) is 25.9 Å². The van der Waals surface area contributed by atoms with Gasteiger partial charge in [0.2, 0.25) is 0 Å². The van der Waals surface area contributed by atoms with Crippen LogP contribution < -0.4 is 5.19 Å². The standard InChI is InChI=1S/C21H30O6Si/c1-6-25-28(26-7-2,19-16-12-9-13-17-19)27-20(18-14-10-8-11-15-18)21(22-3,23-4)24-5/h8-17,20H,6-7H2,1-5H3. The lowest BCUT2D eigenvalue weighted by Gasteiger charge is -2.40. The largest absolute Gasteiger partial charge is 0.537 e. The predicted octanol–water partition coefficient (Wildman–Crippen LogP) is 3.26. The van der Waals surface area contributed by atoms with Crippen molar-refractivity contribution in [2.24, 2.45) is 0 Å². The van der Waals surface area contributed by atoms with Gasteiger partial charge in [0.25, 0.3) is 0 Å². The summed E-state index contributed by atoms with van der Waals surface area (Å²) in [6, 6.07) is 19.4. The van der Waals surface area contributed by atoms with E-state index in [1.165, 1.54) is 21.3 Å². The number of benzene rings is 2. The second-order valence-electron chi connectivity index (χ2n) is 5.91. The van der Waals surface area contributed by atoms with Crippen LogP contribution in [0.2, 0.25) is 0 Å². The third-order valence-electron chi connectivity index (χ3n) is 4.35. The molecule has 1 atom stereocenters. The van der Waals surface area contributed by atoms with Gasteiger partial charge in [-0.05, 0) is 19.4 Å². The Balaban J connectivity index is 2.59. The zero-order valence-corrected chi connectivity index (χ0v) is 18.2. The van der Waals surface area contributed by atoms with Gasteiger partial charge in [-0.1, -0.05) is 60.7 Å². The van der Waals surface area contributed by atoms with Gasteiger partial charge < -0.3 is 27.5 Å². The average Bonchev–Trinajstić information content (AvgIpc) is 2.76. The van der Waals surface area contributed by atoms with Crippen LogP contribution in [0.15, 0.2) is 60.7 Å². The molecule has 0 N–H and O–H groups in total. The molecule has 7 heteroatoms. The third kappa shape index (κ3) is 4.87. The van der Waals surface area contributed by atoms with Crippen molar-refractivity contribution in [1.29, 1.82) is 0 Å². The van der Waals surface area contributed by atoms with Crippen LogP contribution in [0.3, 0.4) is 0 Å². The van der Waals surface area contributed by atoms with Gasteiger partial charge in [-0.15, -0.1) is 0 Å². The summed E-state index contributed by atoms with van der Waals surface area (Å²) in [7, 11) is 1.22. The molecule has 0 aromatic heterocycles. The van der Waals surface area contributed by atoms with E-state index in [2.05, 4.69) is 0 Å². The van der Waals surface area contributed by atoms with Gasteiger partial charge >= 0.3 is 14.8 Å². The smallest absolute Gasteiger partial charge is 0.370 e. The van der Waals surface area contributed by atoms with Gasteiger partial charge in [0.1, 0.15) is 0 Å². The van der Waals surface area contributed by atoms with Crippen LogP contribution in [0.4, 0.5) is 0 Å². The average molecular weight is 407 g/mol. The molecule has 0 aliphatic rings. The minimum atomic E-state index is -3.32. The number of ether oxygens (including phenoxy) is 3. The molecule has 6 nitrogen and oxygen atoms in total. The summed E-state index contributed by atoms with van der Waals surface area (Å²) < 4.78 is 35.9. The molecule has 0 bridgehead atoms. The molecule has 2 aromatic rings. The molecule has 1 unspecified atom stereocenters. The highest BCUT2D eigenvalue weighted by molar-refractivity contribution is 6.75. The molecule has 0 saturated carbocycles. The van der Waals surface area contributed by atoms with Crippen molar-refractivity contribution in [3.05, 3.63) is 66.2 Å². The summed E-state index contributed by atoms with van der Waals surface area (Å²) in [4.78, 5) is 0. The fourth-order valence-corrected chi connectivity index (χ4v) is 5.71. The molecular formula is C21H30O6Si. The Kier molecular flexibility index (Phi) is 8.78. The van der Waals surface area contributed by atoms with Crippen molar-refractivity contribution in [1.82, 2.24) is 0 Å². The summed E-state index contributed by atoms with van der Waals surface area (Å²) in [5, 5.41) is 0.858. The summed E-state index contributed by atoms with van der Waals surface area (Å²) in [5.74, 6) is -1.47. The van der Waals surface area contributed by atoms with Gasteiger partial charge in [-0.25, -0.2) is 0 Å². The van der Waals surface area contributed by atoms with E-state index in [4.69, 9.17) is 27.5 Å². The Morgan fingerprint density at radius 1 is 0.750 bits per heavy atom. The number of hydrogen-bond acceptors (Lipinski definition) is 6. The van der Waals surface area contributed by atoms with E-state index in [0.717, 1.165) is 10.8 Å². The molecule has 0 fully saturated rings. The quantitative estimate of drug-likeness (QED) is 0.398. The molecular weight excluding hydrogens is 376 g/mol. The summed E-state index contributed by atoms with van der Waals surface area (Å²) in [6.45, 7) is 4.70. The van der Waals surface area contributed by atoms with Gasteiger partial charge in [-0.2, -0.15) is 0 Å². The predicted molar refractivity (Wildman–Crippen MR) is 109 cm³/mol. The first-order chi connectivity index (χ1) is 13.6. The maximum absolute atomic E-state index is 6.65. The van der Waals surface area contributed by atoms with E-state index in [1.54, 1.807) is 0 Å². The van der Waals surface area contributed by atoms with Crippen LogP contribution >= 0.6 is 0 Å². The van der Waals surface area contributed by atoms with Crippen molar-refractivity contribution >= 4 is 14.0 Å². The van der Waals surface area contributed by atoms with Crippen LogP contribution in [0.5, 0.6) is 0 Å². The molecule has 0 aliphatic heterocycles. The monoisotopic (exact) mass is 406 g/mol. The SMILES string of the molecule is CCO[Si](OCC)(OC(c1ccccc1)C(OC)(OC)OC)c1ccccc1. The van der Waals surface area contributed by atoms with E-state index in [9.17, 15) is 0 Å². The Morgan fingerprint density at radius 2 is 1.21 bits per heavy atom. The highest BCUT2D eigenvalue weighted by Gasteiger charge is 2.52. The lowest BCUT2D eigenvalue weighted by atomic mass is 10.1. The molecule has 0 aliphatic carbocycles. The highest BCUT2D eigenvalue weighted by atomic mass is 28.4. The Hall–Kier alpha value is -1.58. The van der Waals surface area contributed by atoms with E-state index in [0.29, 0.717) is 13.2 Å². The van der Waals surface area contributed by atoms with E-state index in [1.807, 2.05) is 74.5 Å². The lowest BCUT2D eigenvalue weighted by molar-refractivity contribution is -0.390. The molecule has 0 spiro atoms. The van der Waals surface area contributed by atoms with Crippen molar-refractivity contribution < 1.29 is 27.5 Å². The Morgan fingerprint density at radius 3 is 1.64 bits per heavy atom. The molecule has 0 amide bonds. The third-order valence-corrected chi connectivity index (χ3v) is 7.27. The van der Waals surface area contributed by atoms with Crippen molar-refractivity contribution in [3.63, 3.8) is 0 Å². The molecule has 2 aromatic carbocycles. The molecule has 28 heavy (non-hydrogen) atoms. The van der Waals surface area contributed by atoms with Crippen LogP contribution in [0, 0.1) is 0 Å². The Labute approximate surface area is 168 Å². The number of methoxy groups -OCH3 is 3. The minimum Gasteiger partial charge on any atom is -0.370 e. The maximum atomic E-state index is 6.65. The molecule has 0 heterocycles. The van der Waals surface area contributed by atoms with Crippen LogP contribution in [-0.2, 0) is 27.5 Å². The first kappa shape index (κ1) is 22.7. The second-order valence-corrected chi connectivity index (χ2v) is 8.42. The zero-order chi connectivity index (χ0) is 20.5. The summed E-state index contributed by atoms with van der Waals surface area (Å²) in [5.41, 5.74) is 0.820. The van der Waals surface area contributed by atoms with Crippen molar-refractivity contribution in [3.8, 4) is 0 Å². The lowest BCUT2D eigenvalue weighted by Crippen LogP contribution is -2.60. The highest BCUT2D eigenvalue weighted by Crippen LogP contribution is 2.36. The summed E-state index contributed by atoms with van der Waals surface area (Å²) in [6.07, 6.45) is -0.751. The molecule has 0 radical (unpaired) electrons. The topological polar surface area (TPSA) is 55.4 Å². The minimum absolute atomic E-state index is 0.433. The van der Waals surface area contributed by atoms with Crippen LogP contribution in [0.1, 0.15) is 25.5 Å². The molecule has 0 saturated heterocycles. The summed E-state index contributed by atoms with van der Waals surface area (Å²) >= 11 is 0. The van der Waals surface area contributed by atoms with Gasteiger partial charge in [-0.3, -0.25) is 0 Å². The number of rotatable bonds is 12. The van der Waals surface area contributed by atoms with Crippen LogP contribution in [0.25, 0.3) is 0 Å². The second kappa shape index (κ2) is 10.8. The van der Waals surface area contributed by atoms with E-state index >= 15 is 0 Å².